The Labute approximate surface area is 101 Å². The highest BCUT2D eigenvalue weighted by Crippen LogP contribution is 2.42. The number of nitrogens with one attached hydrogen (secondary N) is 1. The minimum absolute atomic E-state index is 0.289. The molecule has 4 heteroatoms. The lowest BCUT2D eigenvalue weighted by atomic mass is 10.0. The second-order valence-corrected chi connectivity index (χ2v) is 4.53. The van der Waals surface area contributed by atoms with Gasteiger partial charge in [0.15, 0.2) is 11.5 Å². The van der Waals surface area contributed by atoms with Crippen LogP contribution in [0.2, 0.25) is 0 Å². The van der Waals surface area contributed by atoms with E-state index in [4.69, 9.17) is 14.2 Å². The summed E-state index contributed by atoms with van der Waals surface area (Å²) < 4.78 is 16.1. The number of fused-ring (bicyclic) bond motifs is 1. The Morgan fingerprint density at radius 2 is 2.35 bits per heavy atom. The average molecular weight is 235 g/mol. The fourth-order valence-corrected chi connectivity index (χ4v) is 2.52. The van der Waals surface area contributed by atoms with Gasteiger partial charge in [0, 0.05) is 6.04 Å². The van der Waals surface area contributed by atoms with Crippen LogP contribution in [0.5, 0.6) is 17.2 Å². The van der Waals surface area contributed by atoms with Crippen LogP contribution in [0.15, 0.2) is 12.1 Å². The van der Waals surface area contributed by atoms with Crippen molar-refractivity contribution in [1.82, 2.24) is 5.32 Å². The first-order valence-corrected chi connectivity index (χ1v) is 6.06. The van der Waals surface area contributed by atoms with Crippen LogP contribution in [0.25, 0.3) is 0 Å². The van der Waals surface area contributed by atoms with Crippen LogP contribution in [-0.4, -0.2) is 26.5 Å². The smallest absolute Gasteiger partial charge is 0.231 e. The van der Waals surface area contributed by atoms with Gasteiger partial charge in [-0.15, -0.1) is 0 Å². The molecule has 2 aliphatic rings. The molecule has 0 radical (unpaired) electrons. The number of hydrogen-bond acceptors (Lipinski definition) is 4. The van der Waals surface area contributed by atoms with E-state index < -0.39 is 0 Å². The van der Waals surface area contributed by atoms with E-state index >= 15 is 0 Å². The zero-order valence-corrected chi connectivity index (χ0v) is 9.99. The molecule has 1 unspecified atom stereocenters. The summed E-state index contributed by atoms with van der Waals surface area (Å²) in [4.78, 5) is 0. The molecule has 1 aromatic carbocycles. The third kappa shape index (κ3) is 2.05. The molecule has 0 saturated carbocycles. The van der Waals surface area contributed by atoms with Crippen LogP contribution < -0.4 is 19.5 Å². The first-order valence-electron chi connectivity index (χ1n) is 6.06. The van der Waals surface area contributed by atoms with Gasteiger partial charge in [-0.1, -0.05) is 0 Å². The van der Waals surface area contributed by atoms with Gasteiger partial charge in [-0.3, -0.25) is 0 Å². The maximum atomic E-state index is 5.42. The zero-order valence-electron chi connectivity index (χ0n) is 9.99. The van der Waals surface area contributed by atoms with Gasteiger partial charge >= 0.3 is 0 Å². The topological polar surface area (TPSA) is 39.7 Å². The molecule has 17 heavy (non-hydrogen) atoms. The predicted molar refractivity (Wildman–Crippen MR) is 63.8 cm³/mol. The molecule has 0 aliphatic carbocycles. The Kier molecular flexibility index (Phi) is 2.81. The van der Waals surface area contributed by atoms with Crippen molar-refractivity contribution in [3.8, 4) is 17.2 Å². The fourth-order valence-electron chi connectivity index (χ4n) is 2.52. The molecule has 1 N–H and O–H groups in total. The molecule has 2 aliphatic heterocycles. The number of hydrogen-bond donors (Lipinski definition) is 1. The number of ether oxygens (including phenoxy) is 3. The molecule has 1 fully saturated rings. The summed E-state index contributed by atoms with van der Waals surface area (Å²) in [6.45, 7) is 1.42. The second kappa shape index (κ2) is 4.45. The van der Waals surface area contributed by atoms with Crippen molar-refractivity contribution in [3.05, 3.63) is 17.7 Å². The van der Waals surface area contributed by atoms with Crippen molar-refractivity contribution in [1.29, 1.82) is 0 Å². The summed E-state index contributed by atoms with van der Waals surface area (Å²) >= 11 is 0. The van der Waals surface area contributed by atoms with Gasteiger partial charge in [0.05, 0.1) is 7.11 Å². The van der Waals surface area contributed by atoms with Crippen molar-refractivity contribution in [3.63, 3.8) is 0 Å². The number of methoxy groups -OCH3 is 1. The van der Waals surface area contributed by atoms with E-state index in [1.165, 1.54) is 18.4 Å². The molecule has 3 rings (SSSR count). The van der Waals surface area contributed by atoms with Gasteiger partial charge in [-0.2, -0.15) is 0 Å². The minimum Gasteiger partial charge on any atom is -0.493 e. The Morgan fingerprint density at radius 3 is 3.12 bits per heavy atom. The lowest BCUT2D eigenvalue weighted by molar-refractivity contribution is 0.171. The van der Waals surface area contributed by atoms with Gasteiger partial charge in [0.25, 0.3) is 0 Å². The zero-order chi connectivity index (χ0) is 11.7. The molecule has 0 amide bonds. The molecular weight excluding hydrogens is 218 g/mol. The molecular formula is C13H17NO3. The highest BCUT2D eigenvalue weighted by molar-refractivity contribution is 5.55. The van der Waals surface area contributed by atoms with Gasteiger partial charge < -0.3 is 19.5 Å². The maximum Gasteiger partial charge on any atom is 0.231 e. The average Bonchev–Trinajstić information content (AvgIpc) is 2.98. The number of benzene rings is 1. The quantitative estimate of drug-likeness (QED) is 0.866. The molecule has 0 bridgehead atoms. The van der Waals surface area contributed by atoms with E-state index in [0.717, 1.165) is 30.2 Å². The van der Waals surface area contributed by atoms with Crippen LogP contribution in [-0.2, 0) is 6.42 Å². The molecule has 0 aromatic heterocycles. The second-order valence-electron chi connectivity index (χ2n) is 4.53. The summed E-state index contributed by atoms with van der Waals surface area (Å²) in [5, 5.41) is 3.50. The van der Waals surface area contributed by atoms with Crippen molar-refractivity contribution in [2.45, 2.75) is 25.3 Å². The first kappa shape index (κ1) is 10.7. The summed E-state index contributed by atoms with van der Waals surface area (Å²) in [6, 6.07) is 4.69. The molecule has 1 atom stereocenters. The number of rotatable bonds is 3. The molecule has 1 saturated heterocycles. The van der Waals surface area contributed by atoms with Crippen LogP contribution in [0.3, 0.4) is 0 Å². The van der Waals surface area contributed by atoms with Crippen LogP contribution in [0.4, 0.5) is 0 Å². The summed E-state index contributed by atoms with van der Waals surface area (Å²) in [7, 11) is 1.66. The fraction of sp³-hybridized carbons (Fsp3) is 0.538. The van der Waals surface area contributed by atoms with Crippen molar-refractivity contribution in [2.24, 2.45) is 0 Å². The Morgan fingerprint density at radius 1 is 1.41 bits per heavy atom. The Bertz CT molecular complexity index is 413. The van der Waals surface area contributed by atoms with Crippen LogP contribution >= 0.6 is 0 Å². The lowest BCUT2D eigenvalue weighted by Gasteiger charge is -2.12. The summed E-state index contributed by atoms with van der Waals surface area (Å²) in [5.41, 5.74) is 1.24. The largest absolute Gasteiger partial charge is 0.493 e. The minimum atomic E-state index is 0.289. The summed E-state index contributed by atoms with van der Waals surface area (Å²) in [6.07, 6.45) is 3.54. The van der Waals surface area contributed by atoms with Gasteiger partial charge in [-0.25, -0.2) is 0 Å². The van der Waals surface area contributed by atoms with Crippen molar-refractivity contribution < 1.29 is 14.2 Å². The van der Waals surface area contributed by atoms with E-state index in [0.29, 0.717) is 6.04 Å². The normalized spacial score (nSPS) is 21.8. The highest BCUT2D eigenvalue weighted by atomic mass is 16.7. The van der Waals surface area contributed by atoms with E-state index in [9.17, 15) is 0 Å². The van der Waals surface area contributed by atoms with Crippen molar-refractivity contribution in [2.75, 3.05) is 20.4 Å². The lowest BCUT2D eigenvalue weighted by Crippen LogP contribution is -2.23. The van der Waals surface area contributed by atoms with E-state index in [-0.39, 0.29) is 6.79 Å². The molecule has 0 spiro atoms. The Hall–Kier alpha value is -1.42. The van der Waals surface area contributed by atoms with Gasteiger partial charge in [-0.05, 0) is 43.5 Å². The maximum absolute atomic E-state index is 5.42. The van der Waals surface area contributed by atoms with Gasteiger partial charge in [0.2, 0.25) is 12.5 Å². The molecule has 92 valence electrons. The predicted octanol–water partition coefficient (Wildman–Crippen LogP) is 1.72. The third-order valence-corrected chi connectivity index (χ3v) is 3.36. The molecule has 4 nitrogen and oxygen atoms in total. The first-order chi connectivity index (χ1) is 8.36. The van der Waals surface area contributed by atoms with E-state index in [1.807, 2.05) is 6.07 Å². The summed E-state index contributed by atoms with van der Waals surface area (Å²) in [5.74, 6) is 2.31. The molecule has 1 aromatic rings. The van der Waals surface area contributed by atoms with Crippen LogP contribution in [0.1, 0.15) is 18.4 Å². The van der Waals surface area contributed by atoms with E-state index in [1.54, 1.807) is 7.11 Å². The standard InChI is InChI=1S/C13H17NO3/c1-15-11-6-9(5-10-3-2-4-14-10)7-12-13(11)17-8-16-12/h6-7,10,14H,2-5,8H2,1H3. The van der Waals surface area contributed by atoms with Crippen LogP contribution in [0, 0.1) is 0 Å². The monoisotopic (exact) mass is 235 g/mol. The van der Waals surface area contributed by atoms with E-state index in [2.05, 4.69) is 11.4 Å². The Balaban J connectivity index is 1.84. The molecule has 2 heterocycles. The van der Waals surface area contributed by atoms with Crippen molar-refractivity contribution >= 4 is 0 Å². The third-order valence-electron chi connectivity index (χ3n) is 3.36. The SMILES string of the molecule is COc1cc(CC2CCCN2)cc2c1OCO2. The van der Waals surface area contributed by atoms with Gasteiger partial charge in [0.1, 0.15) is 0 Å². The highest BCUT2D eigenvalue weighted by Gasteiger charge is 2.22.